The Bertz CT molecular complexity index is 1110. The van der Waals surface area contributed by atoms with Gasteiger partial charge in [-0.05, 0) is 30.3 Å². The van der Waals surface area contributed by atoms with Gasteiger partial charge in [-0.25, -0.2) is 4.42 Å². The molecule has 0 bridgehead atoms. The number of hydrogen-bond donors (Lipinski definition) is 0. The van der Waals surface area contributed by atoms with Crippen LogP contribution in [0.5, 0.6) is 17.2 Å². The quantitative estimate of drug-likeness (QED) is 0.158. The maximum absolute atomic E-state index is 9.75. The number of rotatable bonds is 6. The molecule has 0 saturated heterocycles. The Balaban J connectivity index is 0.000000623. The lowest BCUT2D eigenvalue weighted by atomic mass is 10.0. The number of para-hydroxylation sites is 3. The normalized spacial score (nSPS) is 10.7. The molecule has 1 heterocycles. The minimum absolute atomic E-state index is 0.691. The zero-order valence-electron chi connectivity index (χ0n) is 19.3. The smallest absolute Gasteiger partial charge is 0.496 e. The van der Waals surface area contributed by atoms with Crippen molar-refractivity contribution in [1.29, 1.82) is 0 Å². The first-order valence-electron chi connectivity index (χ1n) is 10.5. The molecule has 3 aromatic carbocycles. The highest BCUT2D eigenvalue weighted by Gasteiger charge is 2.25. The molecular formula is C26H23BF4O4. The second kappa shape index (κ2) is 11.4. The molecule has 0 aliphatic carbocycles. The highest BCUT2D eigenvalue weighted by atomic mass is 19.5. The van der Waals surface area contributed by atoms with E-state index in [0.29, 0.717) is 11.5 Å². The first kappa shape index (κ1) is 25.6. The third kappa shape index (κ3) is 6.75. The van der Waals surface area contributed by atoms with E-state index in [4.69, 9.17) is 18.6 Å². The fourth-order valence-electron chi connectivity index (χ4n) is 3.50. The highest BCUT2D eigenvalue weighted by Crippen LogP contribution is 2.40. The largest absolute Gasteiger partial charge is 0.673 e. The van der Waals surface area contributed by atoms with Crippen LogP contribution in [-0.2, 0) is 0 Å². The SMILES string of the molecule is COc1ccccc1-c1cc(-c2ccccc2OC)[o+]c(-c2ccccc2OC)c1.F[B-](F)(F)F. The molecule has 35 heavy (non-hydrogen) atoms. The Labute approximate surface area is 200 Å². The summed E-state index contributed by atoms with van der Waals surface area (Å²) in [6, 6.07) is 27.6. The lowest BCUT2D eigenvalue weighted by Gasteiger charge is -2.09. The Morgan fingerprint density at radius 1 is 0.543 bits per heavy atom. The molecule has 4 rings (SSSR count). The molecule has 4 aromatic rings. The van der Waals surface area contributed by atoms with Crippen LogP contribution in [0.25, 0.3) is 33.8 Å². The van der Waals surface area contributed by atoms with Crippen LogP contribution < -0.4 is 14.2 Å². The molecule has 1 aromatic heterocycles. The van der Waals surface area contributed by atoms with Crippen molar-refractivity contribution in [3.8, 4) is 51.0 Å². The summed E-state index contributed by atoms with van der Waals surface area (Å²) in [6.07, 6.45) is 0. The molecule has 0 unspecified atom stereocenters. The number of benzene rings is 3. The average molecular weight is 486 g/mol. The van der Waals surface area contributed by atoms with Crippen LogP contribution in [0.3, 0.4) is 0 Å². The summed E-state index contributed by atoms with van der Waals surface area (Å²) in [4.78, 5) is 0. The van der Waals surface area contributed by atoms with Crippen LogP contribution in [0.4, 0.5) is 17.3 Å². The van der Waals surface area contributed by atoms with Crippen molar-refractivity contribution < 1.29 is 35.9 Å². The van der Waals surface area contributed by atoms with Gasteiger partial charge in [-0.1, -0.05) is 42.5 Å². The number of halogens is 4. The molecule has 0 saturated carbocycles. The molecule has 0 fully saturated rings. The van der Waals surface area contributed by atoms with Gasteiger partial charge < -0.3 is 31.5 Å². The molecule has 0 N–H and O–H groups in total. The molecule has 4 nitrogen and oxygen atoms in total. The van der Waals surface area contributed by atoms with Crippen molar-refractivity contribution in [2.24, 2.45) is 0 Å². The Kier molecular flexibility index (Phi) is 8.36. The lowest BCUT2D eigenvalue weighted by Crippen LogP contribution is -2.02. The Morgan fingerprint density at radius 2 is 0.857 bits per heavy atom. The average Bonchev–Trinajstić information content (AvgIpc) is 2.87. The van der Waals surface area contributed by atoms with Gasteiger partial charge in [0, 0.05) is 11.1 Å². The van der Waals surface area contributed by atoms with Gasteiger partial charge >= 0.3 is 18.8 Å². The molecular weight excluding hydrogens is 463 g/mol. The van der Waals surface area contributed by atoms with Gasteiger partial charge in [-0.15, -0.1) is 0 Å². The maximum atomic E-state index is 9.75. The predicted molar refractivity (Wildman–Crippen MR) is 129 cm³/mol. The zero-order valence-corrected chi connectivity index (χ0v) is 19.3. The second-order valence-corrected chi connectivity index (χ2v) is 7.17. The van der Waals surface area contributed by atoms with E-state index in [1.807, 2.05) is 84.9 Å². The predicted octanol–water partition coefficient (Wildman–Crippen LogP) is 7.89. The van der Waals surface area contributed by atoms with Crippen LogP contribution in [-0.4, -0.2) is 28.6 Å². The fourth-order valence-corrected chi connectivity index (χ4v) is 3.50. The van der Waals surface area contributed by atoms with Crippen LogP contribution in [0.1, 0.15) is 0 Å². The van der Waals surface area contributed by atoms with E-state index in [2.05, 4.69) is 0 Å². The van der Waals surface area contributed by atoms with Gasteiger partial charge in [0.2, 0.25) is 0 Å². The molecule has 0 aliphatic heterocycles. The van der Waals surface area contributed by atoms with Gasteiger partial charge in [0.05, 0.1) is 33.5 Å². The monoisotopic (exact) mass is 486 g/mol. The van der Waals surface area contributed by atoms with E-state index in [0.717, 1.165) is 39.5 Å². The minimum atomic E-state index is -6.00. The van der Waals surface area contributed by atoms with Gasteiger partial charge in [0.15, 0.2) is 0 Å². The molecule has 0 radical (unpaired) electrons. The van der Waals surface area contributed by atoms with Gasteiger partial charge in [-0.3, -0.25) is 0 Å². The summed E-state index contributed by atoms with van der Waals surface area (Å²) >= 11 is 0. The Hall–Kier alpha value is -4.01. The van der Waals surface area contributed by atoms with Crippen LogP contribution in [0.15, 0.2) is 89.3 Å². The molecule has 0 spiro atoms. The first-order chi connectivity index (χ1) is 16.7. The zero-order chi connectivity index (χ0) is 25.4. The third-order valence-electron chi connectivity index (χ3n) is 4.96. The summed E-state index contributed by atoms with van der Waals surface area (Å²) in [5.41, 5.74) is 3.68. The summed E-state index contributed by atoms with van der Waals surface area (Å²) in [5.74, 6) is 3.66. The minimum Gasteiger partial charge on any atom is -0.496 e. The van der Waals surface area contributed by atoms with E-state index in [1.54, 1.807) is 21.3 Å². The van der Waals surface area contributed by atoms with Crippen LogP contribution in [0, 0.1) is 0 Å². The maximum Gasteiger partial charge on any atom is 0.673 e. The summed E-state index contributed by atoms with van der Waals surface area (Å²) < 4.78 is 62.1. The van der Waals surface area contributed by atoms with Crippen molar-refractivity contribution in [3.63, 3.8) is 0 Å². The van der Waals surface area contributed by atoms with Crippen LogP contribution in [0.2, 0.25) is 0 Å². The number of hydrogen-bond acceptors (Lipinski definition) is 3. The third-order valence-corrected chi connectivity index (χ3v) is 4.96. The number of ether oxygens (including phenoxy) is 3. The lowest BCUT2D eigenvalue weighted by molar-refractivity contribution is 0.368. The van der Waals surface area contributed by atoms with E-state index in [1.165, 1.54) is 0 Å². The van der Waals surface area contributed by atoms with Crippen molar-refractivity contribution in [2.45, 2.75) is 0 Å². The van der Waals surface area contributed by atoms with E-state index in [9.17, 15) is 17.3 Å². The second-order valence-electron chi connectivity index (χ2n) is 7.17. The first-order valence-corrected chi connectivity index (χ1v) is 10.5. The van der Waals surface area contributed by atoms with Crippen LogP contribution >= 0.6 is 0 Å². The molecule has 9 heteroatoms. The van der Waals surface area contributed by atoms with Gasteiger partial charge in [-0.2, -0.15) is 0 Å². The van der Waals surface area contributed by atoms with Crippen molar-refractivity contribution in [3.05, 3.63) is 84.9 Å². The molecule has 0 atom stereocenters. The summed E-state index contributed by atoms with van der Waals surface area (Å²) in [5, 5.41) is 0. The fraction of sp³-hybridized carbons (Fsp3) is 0.115. The van der Waals surface area contributed by atoms with Gasteiger partial charge in [0.1, 0.15) is 28.4 Å². The van der Waals surface area contributed by atoms with Crippen molar-refractivity contribution in [1.82, 2.24) is 0 Å². The van der Waals surface area contributed by atoms with Gasteiger partial charge in [0.25, 0.3) is 0 Å². The van der Waals surface area contributed by atoms with Crippen molar-refractivity contribution >= 4 is 7.25 Å². The van der Waals surface area contributed by atoms with E-state index in [-0.39, 0.29) is 0 Å². The van der Waals surface area contributed by atoms with E-state index >= 15 is 0 Å². The Morgan fingerprint density at radius 3 is 1.23 bits per heavy atom. The highest BCUT2D eigenvalue weighted by molar-refractivity contribution is 6.50. The molecule has 0 amide bonds. The summed E-state index contributed by atoms with van der Waals surface area (Å²) in [6.45, 7) is 0. The topological polar surface area (TPSA) is 39.0 Å². The molecule has 0 aliphatic rings. The molecule has 182 valence electrons. The standard InChI is InChI=1S/C26H23O4.BF4/c1-27-22-13-7-4-10-19(22)18-16-25(20-11-5-8-14-23(20)28-2)30-26(17-18)21-12-6-9-15-24(21)29-3;2-1(3,4)5/h4-17H,1-3H3;/q+1;-1. The number of methoxy groups -OCH3 is 3. The summed E-state index contributed by atoms with van der Waals surface area (Å²) in [7, 11) is -1.01. The van der Waals surface area contributed by atoms with E-state index < -0.39 is 7.25 Å². The van der Waals surface area contributed by atoms with Crippen molar-refractivity contribution in [2.75, 3.05) is 21.3 Å².